The van der Waals surface area contributed by atoms with Gasteiger partial charge < -0.3 is 4.74 Å². The van der Waals surface area contributed by atoms with Crippen LogP contribution in [0.5, 0.6) is 5.75 Å². The lowest BCUT2D eigenvalue weighted by atomic mass is 10.1. The Hall–Kier alpha value is -1.89. The van der Waals surface area contributed by atoms with Crippen molar-refractivity contribution in [3.05, 3.63) is 60.2 Å². The van der Waals surface area contributed by atoms with Crippen LogP contribution >= 0.6 is 0 Å². The highest BCUT2D eigenvalue weighted by atomic mass is 32.2. The molecule has 0 saturated carbocycles. The van der Waals surface area contributed by atoms with Gasteiger partial charge in [-0.2, -0.15) is 4.31 Å². The summed E-state index contributed by atoms with van der Waals surface area (Å²) in [5.74, 6) is 0.688. The Morgan fingerprint density at radius 3 is 2.15 bits per heavy atom. The molecule has 6 heteroatoms. The summed E-state index contributed by atoms with van der Waals surface area (Å²) in [6.07, 6.45) is 0. The molecule has 0 unspecified atom stereocenters. The van der Waals surface area contributed by atoms with Gasteiger partial charge in [0.15, 0.2) is 0 Å². The second kappa shape index (κ2) is 8.20. The van der Waals surface area contributed by atoms with Gasteiger partial charge in [0.25, 0.3) is 0 Å². The SMILES string of the molecule is CCOc1ccc(S(=O)(=O)N2CCN([C@@H](C)c3ccccc3)CC2)cc1. The summed E-state index contributed by atoms with van der Waals surface area (Å²) in [4.78, 5) is 2.66. The molecule has 1 saturated heterocycles. The Morgan fingerprint density at radius 2 is 1.58 bits per heavy atom. The molecule has 1 aliphatic heterocycles. The molecule has 0 radical (unpaired) electrons. The minimum atomic E-state index is -3.46. The molecule has 0 aliphatic carbocycles. The molecule has 2 aromatic rings. The summed E-state index contributed by atoms with van der Waals surface area (Å²) in [7, 11) is -3.46. The number of ether oxygens (including phenoxy) is 1. The highest BCUT2D eigenvalue weighted by molar-refractivity contribution is 7.89. The molecule has 5 nitrogen and oxygen atoms in total. The topological polar surface area (TPSA) is 49.9 Å². The molecular formula is C20H26N2O3S. The van der Waals surface area contributed by atoms with Gasteiger partial charge in [0.2, 0.25) is 10.0 Å². The lowest BCUT2D eigenvalue weighted by Gasteiger charge is -2.37. The summed E-state index contributed by atoms with van der Waals surface area (Å²) >= 11 is 0. The number of benzene rings is 2. The Balaban J connectivity index is 1.65. The van der Waals surface area contributed by atoms with E-state index in [1.807, 2.05) is 25.1 Å². The van der Waals surface area contributed by atoms with Crippen LogP contribution in [0.4, 0.5) is 0 Å². The number of nitrogens with zero attached hydrogens (tertiary/aromatic N) is 2. The maximum Gasteiger partial charge on any atom is 0.243 e. The van der Waals surface area contributed by atoms with Crippen molar-refractivity contribution in [1.82, 2.24) is 9.21 Å². The quantitative estimate of drug-likeness (QED) is 0.779. The number of hydrogen-bond donors (Lipinski definition) is 0. The van der Waals surface area contributed by atoms with E-state index in [2.05, 4.69) is 24.0 Å². The predicted octanol–water partition coefficient (Wildman–Crippen LogP) is 3.15. The van der Waals surface area contributed by atoms with Crippen LogP contribution in [0, 0.1) is 0 Å². The fraction of sp³-hybridized carbons (Fsp3) is 0.400. The van der Waals surface area contributed by atoms with Gasteiger partial charge in [-0.1, -0.05) is 30.3 Å². The minimum Gasteiger partial charge on any atom is -0.494 e. The van der Waals surface area contributed by atoms with Gasteiger partial charge in [-0.25, -0.2) is 8.42 Å². The van der Waals surface area contributed by atoms with E-state index >= 15 is 0 Å². The summed E-state index contributed by atoms with van der Waals surface area (Å²) < 4.78 is 32.7. The van der Waals surface area contributed by atoms with Gasteiger partial charge in [0.1, 0.15) is 5.75 Å². The fourth-order valence-corrected chi connectivity index (χ4v) is 4.72. The monoisotopic (exact) mass is 374 g/mol. The van der Waals surface area contributed by atoms with Crippen LogP contribution in [0.25, 0.3) is 0 Å². The Labute approximate surface area is 156 Å². The molecule has 2 aromatic carbocycles. The summed E-state index contributed by atoms with van der Waals surface area (Å²) in [6.45, 7) is 7.11. The first-order valence-electron chi connectivity index (χ1n) is 9.04. The van der Waals surface area contributed by atoms with Gasteiger partial charge in [0.05, 0.1) is 11.5 Å². The van der Waals surface area contributed by atoms with Gasteiger partial charge in [0, 0.05) is 32.2 Å². The lowest BCUT2D eigenvalue weighted by molar-refractivity contribution is 0.146. The van der Waals surface area contributed by atoms with Crippen molar-refractivity contribution in [2.24, 2.45) is 0 Å². The molecule has 1 fully saturated rings. The second-order valence-electron chi connectivity index (χ2n) is 6.43. The Kier molecular flexibility index (Phi) is 5.96. The third-order valence-electron chi connectivity index (χ3n) is 4.88. The third kappa shape index (κ3) is 4.09. The van der Waals surface area contributed by atoms with E-state index in [9.17, 15) is 8.42 Å². The van der Waals surface area contributed by atoms with E-state index < -0.39 is 10.0 Å². The van der Waals surface area contributed by atoms with Gasteiger partial charge in [-0.05, 0) is 43.7 Å². The lowest BCUT2D eigenvalue weighted by Crippen LogP contribution is -2.49. The first-order valence-corrected chi connectivity index (χ1v) is 10.5. The van der Waals surface area contributed by atoms with E-state index in [0.29, 0.717) is 30.3 Å². The molecular weight excluding hydrogens is 348 g/mol. The second-order valence-corrected chi connectivity index (χ2v) is 8.37. The molecule has 140 valence electrons. The summed E-state index contributed by atoms with van der Waals surface area (Å²) in [5, 5.41) is 0. The van der Waals surface area contributed by atoms with Gasteiger partial charge in [-0.15, -0.1) is 0 Å². The first-order chi connectivity index (χ1) is 12.5. The van der Waals surface area contributed by atoms with Crippen molar-refractivity contribution < 1.29 is 13.2 Å². The van der Waals surface area contributed by atoms with Crippen LogP contribution in [-0.4, -0.2) is 50.4 Å². The highest BCUT2D eigenvalue weighted by Crippen LogP contribution is 2.25. The number of rotatable bonds is 6. The minimum absolute atomic E-state index is 0.284. The smallest absolute Gasteiger partial charge is 0.243 e. The van der Waals surface area contributed by atoms with Crippen molar-refractivity contribution in [3.63, 3.8) is 0 Å². The zero-order chi connectivity index (χ0) is 18.6. The van der Waals surface area contributed by atoms with Crippen molar-refractivity contribution in [2.75, 3.05) is 32.8 Å². The fourth-order valence-electron chi connectivity index (χ4n) is 3.30. The summed E-state index contributed by atoms with van der Waals surface area (Å²) in [6, 6.07) is 17.3. The van der Waals surface area contributed by atoms with Crippen LogP contribution in [-0.2, 0) is 10.0 Å². The Bertz CT molecular complexity index is 799. The van der Waals surface area contributed by atoms with Crippen molar-refractivity contribution >= 4 is 10.0 Å². The average molecular weight is 375 g/mol. The van der Waals surface area contributed by atoms with Crippen molar-refractivity contribution in [1.29, 1.82) is 0 Å². The first kappa shape index (κ1) is 18.9. The van der Waals surface area contributed by atoms with Crippen LogP contribution < -0.4 is 4.74 Å². The normalized spacial score (nSPS) is 17.8. The summed E-state index contributed by atoms with van der Waals surface area (Å²) in [5.41, 5.74) is 1.26. The maximum atomic E-state index is 12.9. The zero-order valence-electron chi connectivity index (χ0n) is 15.3. The maximum absolute atomic E-state index is 12.9. The number of hydrogen-bond acceptors (Lipinski definition) is 4. The molecule has 3 rings (SSSR count). The van der Waals surface area contributed by atoms with Crippen molar-refractivity contribution in [2.45, 2.75) is 24.8 Å². The van der Waals surface area contributed by atoms with Crippen LogP contribution in [0.15, 0.2) is 59.5 Å². The predicted molar refractivity (Wildman–Crippen MR) is 103 cm³/mol. The Morgan fingerprint density at radius 1 is 0.962 bits per heavy atom. The van der Waals surface area contributed by atoms with E-state index in [4.69, 9.17) is 4.74 Å². The van der Waals surface area contributed by atoms with E-state index in [1.165, 1.54) is 5.56 Å². The molecule has 0 aromatic heterocycles. The zero-order valence-corrected chi connectivity index (χ0v) is 16.2. The van der Waals surface area contributed by atoms with Gasteiger partial charge in [-0.3, -0.25) is 4.90 Å². The van der Waals surface area contributed by atoms with E-state index in [0.717, 1.165) is 13.1 Å². The van der Waals surface area contributed by atoms with Crippen molar-refractivity contribution in [3.8, 4) is 5.75 Å². The highest BCUT2D eigenvalue weighted by Gasteiger charge is 2.30. The van der Waals surface area contributed by atoms with E-state index in [-0.39, 0.29) is 6.04 Å². The molecule has 1 aliphatic rings. The number of piperazine rings is 1. The van der Waals surface area contributed by atoms with Crippen LogP contribution in [0.3, 0.4) is 0 Å². The van der Waals surface area contributed by atoms with Crippen LogP contribution in [0.2, 0.25) is 0 Å². The largest absolute Gasteiger partial charge is 0.494 e. The standard InChI is InChI=1S/C20H26N2O3S/c1-3-25-19-9-11-20(12-10-19)26(23,24)22-15-13-21(14-16-22)17(2)18-7-5-4-6-8-18/h4-12,17H,3,13-16H2,1-2H3/t17-/m0/s1. The van der Waals surface area contributed by atoms with Gasteiger partial charge >= 0.3 is 0 Å². The molecule has 26 heavy (non-hydrogen) atoms. The average Bonchev–Trinajstić information content (AvgIpc) is 2.69. The molecule has 0 N–H and O–H groups in total. The third-order valence-corrected chi connectivity index (χ3v) is 6.79. The molecule has 0 bridgehead atoms. The van der Waals surface area contributed by atoms with Crippen LogP contribution in [0.1, 0.15) is 25.5 Å². The molecule has 0 spiro atoms. The molecule has 0 amide bonds. The molecule has 1 atom stereocenters. The number of sulfonamides is 1. The molecule has 1 heterocycles. The van der Waals surface area contributed by atoms with E-state index in [1.54, 1.807) is 28.6 Å².